The van der Waals surface area contributed by atoms with E-state index in [1.54, 1.807) is 0 Å². The van der Waals surface area contributed by atoms with Gasteiger partial charge in [0, 0.05) is 33.3 Å². The molecule has 210 valence electrons. The summed E-state index contributed by atoms with van der Waals surface area (Å²) in [6.07, 6.45) is 5.31. The summed E-state index contributed by atoms with van der Waals surface area (Å²) in [5, 5.41) is 11.6. The summed E-state index contributed by atoms with van der Waals surface area (Å²) in [5.41, 5.74) is 13.2. The second-order valence-electron chi connectivity index (χ2n) is 11.0. The molecule has 0 spiro atoms. The highest BCUT2D eigenvalue weighted by Crippen LogP contribution is 2.35. The van der Waals surface area contributed by atoms with E-state index in [4.69, 9.17) is 4.98 Å². The summed E-state index contributed by atoms with van der Waals surface area (Å²) in [5.74, 6) is 0. The smallest absolute Gasteiger partial charge is 0.0991 e. The molecule has 0 aliphatic rings. The third kappa shape index (κ3) is 4.77. The van der Waals surface area contributed by atoms with Gasteiger partial charge in [0.15, 0.2) is 0 Å². The van der Waals surface area contributed by atoms with Crippen LogP contribution in [0.5, 0.6) is 0 Å². The normalized spacial score (nSPS) is 11.4. The van der Waals surface area contributed by atoms with Gasteiger partial charge in [-0.05, 0) is 78.1 Å². The SMILES string of the molecule is C/C=C\c1c(CC)n(-c2ccc(-c3ccc(-c4cc(-c5ccc(C#N)cc5)nc5ccccc45)cc3)cc2)c2ccccc12. The number of nitriles is 1. The maximum absolute atomic E-state index is 9.21. The molecule has 2 aromatic heterocycles. The molecule has 0 bridgehead atoms. The Kier molecular flexibility index (Phi) is 7.10. The highest BCUT2D eigenvalue weighted by molar-refractivity contribution is 5.97. The number of hydrogen-bond donors (Lipinski definition) is 0. The van der Waals surface area contributed by atoms with Crippen molar-refractivity contribution < 1.29 is 0 Å². The van der Waals surface area contributed by atoms with Crippen molar-refractivity contribution in [3.05, 3.63) is 150 Å². The molecule has 0 amide bonds. The summed E-state index contributed by atoms with van der Waals surface area (Å²) in [4.78, 5) is 4.94. The van der Waals surface area contributed by atoms with E-state index >= 15 is 0 Å². The molecule has 0 fully saturated rings. The number of fused-ring (bicyclic) bond motifs is 2. The van der Waals surface area contributed by atoms with Gasteiger partial charge < -0.3 is 4.57 Å². The Morgan fingerprint density at radius 3 is 2.00 bits per heavy atom. The number of benzene rings is 5. The zero-order valence-electron chi connectivity index (χ0n) is 24.8. The van der Waals surface area contributed by atoms with Crippen molar-refractivity contribution in [3.8, 4) is 45.3 Å². The lowest BCUT2D eigenvalue weighted by atomic mass is 9.96. The maximum Gasteiger partial charge on any atom is 0.0991 e. The molecule has 44 heavy (non-hydrogen) atoms. The van der Waals surface area contributed by atoms with Crippen LogP contribution >= 0.6 is 0 Å². The minimum Gasteiger partial charge on any atom is -0.313 e. The average Bonchev–Trinajstić information content (AvgIpc) is 3.41. The number of nitrogens with zero attached hydrogens (tertiary/aromatic N) is 3. The van der Waals surface area contributed by atoms with Gasteiger partial charge in [0.05, 0.1) is 28.4 Å². The van der Waals surface area contributed by atoms with E-state index in [0.717, 1.165) is 39.7 Å². The second-order valence-corrected chi connectivity index (χ2v) is 11.0. The summed E-state index contributed by atoms with van der Waals surface area (Å²) in [7, 11) is 0. The number of allylic oxidation sites excluding steroid dienone is 1. The topological polar surface area (TPSA) is 41.6 Å². The van der Waals surface area contributed by atoms with E-state index < -0.39 is 0 Å². The van der Waals surface area contributed by atoms with Gasteiger partial charge >= 0.3 is 0 Å². The van der Waals surface area contributed by atoms with Crippen LogP contribution in [0.25, 0.3) is 67.1 Å². The van der Waals surface area contributed by atoms with E-state index in [1.807, 2.05) is 30.3 Å². The van der Waals surface area contributed by atoms with Crippen molar-refractivity contribution in [2.24, 2.45) is 0 Å². The highest BCUT2D eigenvalue weighted by atomic mass is 15.0. The van der Waals surface area contributed by atoms with Crippen molar-refractivity contribution in [2.75, 3.05) is 0 Å². The molecule has 0 unspecified atom stereocenters. The van der Waals surface area contributed by atoms with Crippen molar-refractivity contribution in [3.63, 3.8) is 0 Å². The maximum atomic E-state index is 9.21. The van der Waals surface area contributed by atoms with Crippen LogP contribution in [0.2, 0.25) is 0 Å². The molecule has 0 aliphatic heterocycles. The van der Waals surface area contributed by atoms with Gasteiger partial charge in [0.2, 0.25) is 0 Å². The molecule has 0 radical (unpaired) electrons. The first-order valence-corrected chi connectivity index (χ1v) is 15.0. The number of rotatable bonds is 6. The molecule has 3 heteroatoms. The minimum atomic E-state index is 0.643. The third-order valence-electron chi connectivity index (χ3n) is 8.36. The van der Waals surface area contributed by atoms with Crippen LogP contribution in [-0.2, 0) is 6.42 Å². The van der Waals surface area contributed by atoms with E-state index in [-0.39, 0.29) is 0 Å². The molecular formula is C41H31N3. The van der Waals surface area contributed by atoms with E-state index in [9.17, 15) is 5.26 Å². The lowest BCUT2D eigenvalue weighted by Gasteiger charge is -2.13. The Morgan fingerprint density at radius 2 is 1.32 bits per heavy atom. The monoisotopic (exact) mass is 565 g/mol. The van der Waals surface area contributed by atoms with Crippen LogP contribution in [0.15, 0.2) is 133 Å². The van der Waals surface area contributed by atoms with Gasteiger partial charge in [-0.2, -0.15) is 5.26 Å². The first kappa shape index (κ1) is 27.1. The first-order chi connectivity index (χ1) is 21.7. The van der Waals surface area contributed by atoms with Crippen LogP contribution in [0, 0.1) is 11.3 Å². The van der Waals surface area contributed by atoms with Gasteiger partial charge in [-0.15, -0.1) is 0 Å². The molecule has 0 aliphatic carbocycles. The van der Waals surface area contributed by atoms with E-state index in [2.05, 4.69) is 134 Å². The second kappa shape index (κ2) is 11.5. The molecule has 0 saturated heterocycles. The summed E-state index contributed by atoms with van der Waals surface area (Å²) in [6, 6.07) is 46.6. The van der Waals surface area contributed by atoms with E-state index in [0.29, 0.717) is 5.56 Å². The zero-order valence-corrected chi connectivity index (χ0v) is 24.8. The fraction of sp³-hybridized carbons (Fsp3) is 0.0732. The van der Waals surface area contributed by atoms with Gasteiger partial charge in [-0.25, -0.2) is 4.98 Å². The Bertz CT molecular complexity index is 2190. The van der Waals surface area contributed by atoms with Crippen LogP contribution in [0.1, 0.15) is 30.7 Å². The minimum absolute atomic E-state index is 0.643. The number of para-hydroxylation sites is 2. The molecule has 0 atom stereocenters. The predicted octanol–water partition coefficient (Wildman–Crippen LogP) is 10.6. The van der Waals surface area contributed by atoms with Crippen molar-refractivity contribution in [2.45, 2.75) is 20.3 Å². The standard InChI is InChI=1S/C41H31N3/c1-3-9-35-36-11-6-8-13-41(36)44(40(35)4-2)33-24-22-30(23-25-33)29-18-20-31(21-19-29)37-26-39(32-16-14-28(27-42)15-17-32)43-38-12-7-5-10-34(37)38/h3,5-26H,4H2,1-2H3/b9-3-. The van der Waals surface area contributed by atoms with Crippen LogP contribution < -0.4 is 0 Å². The predicted molar refractivity (Wildman–Crippen MR) is 184 cm³/mol. The number of aromatic nitrogens is 2. The van der Waals surface area contributed by atoms with Crippen molar-refractivity contribution in [1.29, 1.82) is 5.26 Å². The summed E-state index contributed by atoms with van der Waals surface area (Å²) < 4.78 is 2.40. The highest BCUT2D eigenvalue weighted by Gasteiger charge is 2.15. The fourth-order valence-corrected chi connectivity index (χ4v) is 6.24. The Balaban J connectivity index is 1.24. The van der Waals surface area contributed by atoms with Crippen LogP contribution in [-0.4, -0.2) is 9.55 Å². The first-order valence-electron chi connectivity index (χ1n) is 15.0. The number of pyridine rings is 1. The summed E-state index contributed by atoms with van der Waals surface area (Å²) >= 11 is 0. The molecule has 7 aromatic rings. The largest absolute Gasteiger partial charge is 0.313 e. The molecule has 7 rings (SSSR count). The Labute approximate surface area is 258 Å². The van der Waals surface area contributed by atoms with Gasteiger partial charge in [-0.3, -0.25) is 0 Å². The summed E-state index contributed by atoms with van der Waals surface area (Å²) in [6.45, 7) is 4.31. The van der Waals surface area contributed by atoms with Crippen LogP contribution in [0.4, 0.5) is 0 Å². The Hall–Kier alpha value is -5.72. The molecule has 2 heterocycles. The Morgan fingerprint density at radius 1 is 0.705 bits per heavy atom. The van der Waals surface area contributed by atoms with Crippen molar-refractivity contribution >= 4 is 27.9 Å². The molecule has 0 N–H and O–H groups in total. The lowest BCUT2D eigenvalue weighted by Crippen LogP contribution is -2.00. The molecule has 3 nitrogen and oxygen atoms in total. The quantitative estimate of drug-likeness (QED) is 0.201. The van der Waals surface area contributed by atoms with Crippen molar-refractivity contribution in [1.82, 2.24) is 9.55 Å². The third-order valence-corrected chi connectivity index (χ3v) is 8.36. The van der Waals surface area contributed by atoms with Gasteiger partial charge in [-0.1, -0.05) is 104 Å². The van der Waals surface area contributed by atoms with Crippen LogP contribution in [0.3, 0.4) is 0 Å². The average molecular weight is 566 g/mol. The lowest BCUT2D eigenvalue weighted by molar-refractivity contribution is 0.957. The van der Waals surface area contributed by atoms with Gasteiger partial charge in [0.1, 0.15) is 0 Å². The number of hydrogen-bond acceptors (Lipinski definition) is 2. The zero-order chi connectivity index (χ0) is 30.0. The van der Waals surface area contributed by atoms with Gasteiger partial charge in [0.25, 0.3) is 0 Å². The van der Waals surface area contributed by atoms with E-state index in [1.165, 1.54) is 39.0 Å². The molecule has 0 saturated carbocycles. The molecular weight excluding hydrogens is 534 g/mol. The fourth-order valence-electron chi connectivity index (χ4n) is 6.24. The molecule has 5 aromatic carbocycles.